The van der Waals surface area contributed by atoms with Crippen LogP contribution in [-0.4, -0.2) is 0 Å². The van der Waals surface area contributed by atoms with E-state index in [-0.39, 0.29) is 0 Å². The van der Waals surface area contributed by atoms with Crippen LogP contribution < -0.4 is 0 Å². The van der Waals surface area contributed by atoms with Gasteiger partial charge in [0.15, 0.2) is 0 Å². The van der Waals surface area contributed by atoms with E-state index in [2.05, 4.69) is 37.3 Å². The summed E-state index contributed by atoms with van der Waals surface area (Å²) in [7, 11) is 0. The molecule has 2 aromatic carbocycles. The molecule has 0 saturated carbocycles. The van der Waals surface area contributed by atoms with Crippen LogP contribution in [0.2, 0.25) is 0 Å². The van der Waals surface area contributed by atoms with Crippen LogP contribution in [0.25, 0.3) is 10.8 Å². The van der Waals surface area contributed by atoms with Gasteiger partial charge in [-0.05, 0) is 35.2 Å². The number of fused-ring (bicyclic) bond motifs is 2. The highest BCUT2D eigenvalue weighted by atomic mass is 14.2. The average Bonchev–Trinajstić information content (AvgIpc) is 2.77. The third-order valence-electron chi connectivity index (χ3n) is 2.57. The van der Waals surface area contributed by atoms with Crippen LogP contribution in [0, 0.1) is 6.92 Å². The Balaban J connectivity index is 2.44. The molecule has 1 aliphatic rings. The van der Waals surface area contributed by atoms with E-state index in [4.69, 9.17) is 0 Å². The lowest BCUT2D eigenvalue weighted by atomic mass is 10.1. The maximum atomic E-state index is 2.32. The van der Waals surface area contributed by atoms with Crippen molar-refractivity contribution in [3.8, 4) is 0 Å². The lowest BCUT2D eigenvalue weighted by Gasteiger charge is -1.96. The Bertz CT molecular complexity index is 456. The van der Waals surface area contributed by atoms with Crippen LogP contribution in [0.4, 0.5) is 0 Å². The van der Waals surface area contributed by atoms with E-state index in [1.54, 1.807) is 0 Å². The van der Waals surface area contributed by atoms with Crippen molar-refractivity contribution >= 4 is 10.8 Å². The van der Waals surface area contributed by atoms with E-state index in [0.717, 1.165) is 0 Å². The van der Waals surface area contributed by atoms with Crippen molar-refractivity contribution in [3.05, 3.63) is 47.0 Å². The number of hydrogen-bond acceptors (Lipinski definition) is 0. The van der Waals surface area contributed by atoms with E-state index < -0.39 is 0 Å². The molecular weight excluding hydrogens is 144 g/mol. The molecule has 0 amide bonds. The summed E-state index contributed by atoms with van der Waals surface area (Å²) >= 11 is 0. The zero-order chi connectivity index (χ0) is 8.13. The summed E-state index contributed by atoms with van der Waals surface area (Å²) in [5.41, 5.74) is 4.42. The van der Waals surface area contributed by atoms with Crippen LogP contribution in [0.5, 0.6) is 0 Å². The van der Waals surface area contributed by atoms with E-state index in [9.17, 15) is 0 Å². The normalized spacial score (nSPS) is 13.1. The molecule has 1 aliphatic carbocycles. The van der Waals surface area contributed by atoms with Gasteiger partial charge < -0.3 is 0 Å². The Morgan fingerprint density at radius 2 is 1.67 bits per heavy atom. The van der Waals surface area contributed by atoms with Crippen LogP contribution in [0.3, 0.4) is 0 Å². The zero-order valence-electron chi connectivity index (χ0n) is 7.09. The van der Waals surface area contributed by atoms with Crippen molar-refractivity contribution in [3.63, 3.8) is 0 Å². The molecule has 0 radical (unpaired) electrons. The number of aryl methyl sites for hydroxylation is 1. The summed E-state index contributed by atoms with van der Waals surface area (Å²) in [6.07, 6.45) is 1.22. The van der Waals surface area contributed by atoms with E-state index in [1.165, 1.54) is 33.9 Å². The van der Waals surface area contributed by atoms with Gasteiger partial charge in [-0.15, -0.1) is 0 Å². The van der Waals surface area contributed by atoms with Crippen molar-refractivity contribution in [2.24, 2.45) is 0 Å². The van der Waals surface area contributed by atoms with Crippen LogP contribution in [0.15, 0.2) is 30.3 Å². The molecule has 2 aromatic rings. The summed E-state index contributed by atoms with van der Waals surface area (Å²) in [4.78, 5) is 0. The fourth-order valence-electron chi connectivity index (χ4n) is 1.77. The molecule has 0 unspecified atom stereocenters. The fraction of sp³-hybridized carbons (Fsp3) is 0.167. The van der Waals surface area contributed by atoms with Gasteiger partial charge in [-0.1, -0.05) is 35.9 Å². The highest BCUT2D eigenvalue weighted by Gasteiger charge is 2.16. The topological polar surface area (TPSA) is 0 Å². The van der Waals surface area contributed by atoms with Gasteiger partial charge in [0.25, 0.3) is 0 Å². The molecule has 0 aromatic heterocycles. The van der Waals surface area contributed by atoms with Gasteiger partial charge in [0, 0.05) is 0 Å². The minimum absolute atomic E-state index is 1.22. The second kappa shape index (κ2) is 1.89. The second-order valence-electron chi connectivity index (χ2n) is 3.65. The summed E-state index contributed by atoms with van der Waals surface area (Å²) < 4.78 is 0. The molecule has 0 heteroatoms. The Hall–Kier alpha value is -1.30. The van der Waals surface area contributed by atoms with Crippen molar-refractivity contribution < 1.29 is 0 Å². The predicted octanol–water partition coefficient (Wildman–Crippen LogP) is 3.05. The number of hydrogen-bond donors (Lipinski definition) is 0. The summed E-state index contributed by atoms with van der Waals surface area (Å²) in [5.74, 6) is 0. The minimum atomic E-state index is 1.22. The van der Waals surface area contributed by atoms with Crippen LogP contribution in [0.1, 0.15) is 16.7 Å². The fourth-order valence-corrected chi connectivity index (χ4v) is 1.77. The average molecular weight is 154 g/mol. The minimum Gasteiger partial charge on any atom is -0.0587 e. The van der Waals surface area contributed by atoms with E-state index in [1.807, 2.05) is 0 Å². The Morgan fingerprint density at radius 3 is 2.50 bits per heavy atom. The predicted molar refractivity (Wildman–Crippen MR) is 51.5 cm³/mol. The Kier molecular flexibility index (Phi) is 0.984. The molecule has 0 N–H and O–H groups in total. The van der Waals surface area contributed by atoms with E-state index in [0.29, 0.717) is 0 Å². The van der Waals surface area contributed by atoms with Gasteiger partial charge in [-0.25, -0.2) is 0 Å². The maximum Gasteiger partial charge on any atom is -0.00196 e. The highest BCUT2D eigenvalue weighted by Crippen LogP contribution is 2.32. The first-order valence-electron chi connectivity index (χ1n) is 4.35. The molecule has 12 heavy (non-hydrogen) atoms. The summed E-state index contributed by atoms with van der Waals surface area (Å²) in [6, 6.07) is 11.3. The first-order valence-corrected chi connectivity index (χ1v) is 4.35. The number of rotatable bonds is 0. The van der Waals surface area contributed by atoms with Crippen molar-refractivity contribution in [1.29, 1.82) is 0 Å². The highest BCUT2D eigenvalue weighted by molar-refractivity contribution is 5.86. The molecule has 0 saturated heterocycles. The molecular formula is C12H10. The molecule has 0 fully saturated rings. The smallest absolute Gasteiger partial charge is 0.00196 e. The molecule has 3 rings (SSSR count). The SMILES string of the molecule is Cc1ccc2cc3c(cc2c1)C3. The van der Waals surface area contributed by atoms with Gasteiger partial charge in [0.1, 0.15) is 0 Å². The third-order valence-corrected chi connectivity index (χ3v) is 2.57. The van der Waals surface area contributed by atoms with Crippen molar-refractivity contribution in [2.75, 3.05) is 0 Å². The first-order chi connectivity index (χ1) is 5.83. The molecule has 0 nitrogen and oxygen atoms in total. The number of benzene rings is 2. The first kappa shape index (κ1) is 6.24. The monoisotopic (exact) mass is 154 g/mol. The quantitative estimate of drug-likeness (QED) is 0.467. The molecule has 0 aliphatic heterocycles. The van der Waals surface area contributed by atoms with Crippen molar-refractivity contribution in [2.45, 2.75) is 13.3 Å². The van der Waals surface area contributed by atoms with Gasteiger partial charge >= 0.3 is 0 Å². The van der Waals surface area contributed by atoms with Crippen LogP contribution >= 0.6 is 0 Å². The summed E-state index contributed by atoms with van der Waals surface area (Å²) in [6.45, 7) is 2.14. The van der Waals surface area contributed by atoms with Gasteiger partial charge in [-0.3, -0.25) is 0 Å². The van der Waals surface area contributed by atoms with Gasteiger partial charge in [0.05, 0.1) is 0 Å². The lowest BCUT2D eigenvalue weighted by molar-refractivity contribution is 1.51. The third kappa shape index (κ3) is 0.781. The standard InChI is InChI=1S/C12H10/c1-8-2-3-9-5-11-7-12(11)6-10(9)4-8/h2-6H,7H2,1H3. The van der Waals surface area contributed by atoms with Gasteiger partial charge in [0.2, 0.25) is 0 Å². The van der Waals surface area contributed by atoms with Crippen LogP contribution in [-0.2, 0) is 6.42 Å². The van der Waals surface area contributed by atoms with Gasteiger partial charge in [-0.2, -0.15) is 0 Å². The molecule has 0 spiro atoms. The van der Waals surface area contributed by atoms with E-state index >= 15 is 0 Å². The van der Waals surface area contributed by atoms with Crippen molar-refractivity contribution in [1.82, 2.24) is 0 Å². The summed E-state index contributed by atoms with van der Waals surface area (Å²) in [5, 5.41) is 2.78. The molecule has 58 valence electrons. The Labute approximate surface area is 71.8 Å². The maximum absolute atomic E-state index is 2.32. The largest absolute Gasteiger partial charge is 0.0587 e. The molecule has 0 atom stereocenters. The zero-order valence-corrected chi connectivity index (χ0v) is 7.09. The molecule has 0 bridgehead atoms. The second-order valence-corrected chi connectivity index (χ2v) is 3.65. The Morgan fingerprint density at radius 1 is 0.917 bits per heavy atom. The lowest BCUT2D eigenvalue weighted by Crippen LogP contribution is -1.73. The molecule has 0 heterocycles.